The van der Waals surface area contributed by atoms with E-state index in [4.69, 9.17) is 4.74 Å². The number of hydrogen-bond acceptors (Lipinski definition) is 8. The van der Waals surface area contributed by atoms with Gasteiger partial charge in [-0.25, -0.2) is 23.8 Å². The molecule has 0 radical (unpaired) electrons. The molecule has 1 amide bonds. The number of carbonyl (C=O) groups excluding carboxylic acids is 2. The molecule has 11 heteroatoms. The molecule has 34 heavy (non-hydrogen) atoms. The minimum absolute atomic E-state index is 0.0993. The highest BCUT2D eigenvalue weighted by molar-refractivity contribution is 7.98. The second kappa shape index (κ2) is 10.7. The predicted molar refractivity (Wildman–Crippen MR) is 123 cm³/mol. The summed E-state index contributed by atoms with van der Waals surface area (Å²) in [5.41, 5.74) is 1.99. The van der Waals surface area contributed by atoms with Gasteiger partial charge < -0.3 is 10.1 Å². The van der Waals surface area contributed by atoms with E-state index in [2.05, 4.69) is 25.6 Å². The zero-order valence-corrected chi connectivity index (χ0v) is 18.8. The molecule has 0 atom stereocenters. The van der Waals surface area contributed by atoms with Gasteiger partial charge in [0, 0.05) is 23.8 Å². The van der Waals surface area contributed by atoms with Crippen LogP contribution < -0.4 is 5.32 Å². The van der Waals surface area contributed by atoms with Crippen molar-refractivity contribution in [2.45, 2.75) is 17.8 Å². The highest BCUT2D eigenvalue weighted by Gasteiger charge is 2.22. The lowest BCUT2D eigenvalue weighted by Gasteiger charge is -2.09. The van der Waals surface area contributed by atoms with Crippen molar-refractivity contribution >= 4 is 29.3 Å². The Hall–Kier alpha value is -4.12. The molecule has 1 N–H and O–H groups in total. The summed E-state index contributed by atoms with van der Waals surface area (Å²) in [5, 5.41) is 11.5. The van der Waals surface area contributed by atoms with E-state index in [-0.39, 0.29) is 18.1 Å². The van der Waals surface area contributed by atoms with Gasteiger partial charge in [-0.05, 0) is 61.5 Å². The number of benzene rings is 2. The Balaban J connectivity index is 1.59. The second-order valence-corrected chi connectivity index (χ2v) is 7.79. The molecule has 4 rings (SSSR count). The average molecular weight is 479 g/mol. The SMILES string of the molecule is CCOC(=O)c1ccc(NC(=O)c2nnn(-c3ccc(F)cc3)c2CSc2ncccn2)cc1. The molecule has 0 aliphatic rings. The Bertz CT molecular complexity index is 1280. The minimum Gasteiger partial charge on any atom is -0.462 e. The van der Waals surface area contributed by atoms with Gasteiger partial charge in [0.1, 0.15) is 5.82 Å². The van der Waals surface area contributed by atoms with E-state index >= 15 is 0 Å². The molecule has 0 saturated heterocycles. The van der Waals surface area contributed by atoms with Crippen molar-refractivity contribution in [1.82, 2.24) is 25.0 Å². The maximum absolute atomic E-state index is 13.4. The number of amides is 1. The molecule has 2 aromatic carbocycles. The van der Waals surface area contributed by atoms with Gasteiger partial charge in [-0.2, -0.15) is 0 Å². The number of hydrogen-bond donors (Lipinski definition) is 1. The van der Waals surface area contributed by atoms with E-state index < -0.39 is 11.9 Å². The van der Waals surface area contributed by atoms with Gasteiger partial charge in [-0.1, -0.05) is 17.0 Å². The number of rotatable bonds is 8. The minimum atomic E-state index is -0.484. The topological polar surface area (TPSA) is 112 Å². The third-order valence-electron chi connectivity index (χ3n) is 4.58. The standard InChI is InChI=1S/C23H19FN6O3S/c1-2-33-22(32)15-4-8-17(9-5-15)27-21(31)20-19(14-34-23-25-12-3-13-26-23)30(29-28-20)18-10-6-16(24)7-11-18/h3-13H,2,14H2,1H3,(H,27,31). The Morgan fingerprint density at radius 2 is 1.76 bits per heavy atom. The van der Waals surface area contributed by atoms with Crippen molar-refractivity contribution in [3.63, 3.8) is 0 Å². The molecule has 0 aliphatic carbocycles. The van der Waals surface area contributed by atoms with E-state index in [9.17, 15) is 14.0 Å². The summed E-state index contributed by atoms with van der Waals surface area (Å²) in [6, 6.07) is 13.7. The van der Waals surface area contributed by atoms with Gasteiger partial charge in [0.05, 0.1) is 23.6 Å². The second-order valence-electron chi connectivity index (χ2n) is 6.84. The van der Waals surface area contributed by atoms with Gasteiger partial charge in [0.15, 0.2) is 10.9 Å². The lowest BCUT2D eigenvalue weighted by atomic mass is 10.2. The smallest absolute Gasteiger partial charge is 0.338 e. The van der Waals surface area contributed by atoms with Crippen molar-refractivity contribution in [1.29, 1.82) is 0 Å². The largest absolute Gasteiger partial charge is 0.462 e. The number of ether oxygens (including phenoxy) is 1. The summed E-state index contributed by atoms with van der Waals surface area (Å²) in [7, 11) is 0. The molecule has 2 heterocycles. The molecular weight excluding hydrogens is 459 g/mol. The van der Waals surface area contributed by atoms with E-state index in [0.717, 1.165) is 0 Å². The van der Waals surface area contributed by atoms with Gasteiger partial charge in [-0.3, -0.25) is 4.79 Å². The van der Waals surface area contributed by atoms with Crippen molar-refractivity contribution in [2.24, 2.45) is 0 Å². The third kappa shape index (κ3) is 5.44. The van der Waals surface area contributed by atoms with Crippen molar-refractivity contribution in [3.8, 4) is 5.69 Å². The molecule has 2 aromatic heterocycles. The molecular formula is C23H19FN6O3S. The number of halogens is 1. The van der Waals surface area contributed by atoms with Crippen LogP contribution in [0.3, 0.4) is 0 Å². The van der Waals surface area contributed by atoms with E-state index in [1.165, 1.54) is 28.6 Å². The van der Waals surface area contributed by atoms with Crippen LogP contribution >= 0.6 is 11.8 Å². The molecule has 0 aliphatic heterocycles. The molecule has 172 valence electrons. The molecule has 0 unspecified atom stereocenters. The fraction of sp³-hybridized carbons (Fsp3) is 0.130. The fourth-order valence-electron chi connectivity index (χ4n) is 2.98. The molecule has 4 aromatic rings. The Labute approximate surface area is 198 Å². The van der Waals surface area contributed by atoms with E-state index in [1.807, 2.05) is 0 Å². The van der Waals surface area contributed by atoms with Crippen LogP contribution in [0, 0.1) is 5.82 Å². The third-order valence-corrected chi connectivity index (χ3v) is 5.47. The van der Waals surface area contributed by atoms with Crippen LogP contribution in [-0.4, -0.2) is 43.4 Å². The summed E-state index contributed by atoms with van der Waals surface area (Å²) in [6.07, 6.45) is 3.25. The Morgan fingerprint density at radius 1 is 1.06 bits per heavy atom. The zero-order valence-electron chi connectivity index (χ0n) is 18.0. The first-order valence-electron chi connectivity index (χ1n) is 10.2. The summed E-state index contributed by atoms with van der Waals surface area (Å²) in [5.74, 6) is -1.02. The number of thioether (sulfide) groups is 1. The summed E-state index contributed by atoms with van der Waals surface area (Å²) in [4.78, 5) is 33.2. The van der Waals surface area contributed by atoms with Crippen molar-refractivity contribution < 1.29 is 18.7 Å². The number of carbonyl (C=O) groups is 2. The maximum Gasteiger partial charge on any atom is 0.338 e. The molecule has 0 fully saturated rings. The molecule has 9 nitrogen and oxygen atoms in total. The van der Waals surface area contributed by atoms with E-state index in [1.54, 1.807) is 61.8 Å². The Kier molecular flexibility index (Phi) is 7.23. The van der Waals surface area contributed by atoms with Crippen LogP contribution in [0.5, 0.6) is 0 Å². The van der Waals surface area contributed by atoms with Gasteiger partial charge in [0.2, 0.25) is 0 Å². The van der Waals surface area contributed by atoms with Crippen LogP contribution in [-0.2, 0) is 10.5 Å². The van der Waals surface area contributed by atoms with E-state index in [0.29, 0.717) is 33.5 Å². The number of nitrogens with one attached hydrogen (secondary N) is 1. The van der Waals surface area contributed by atoms with Crippen LogP contribution in [0.2, 0.25) is 0 Å². The van der Waals surface area contributed by atoms with Crippen molar-refractivity contribution in [3.05, 3.63) is 89.8 Å². The van der Waals surface area contributed by atoms with Gasteiger partial charge in [-0.15, -0.1) is 5.10 Å². The van der Waals surface area contributed by atoms with Crippen LogP contribution in [0.25, 0.3) is 5.69 Å². The normalized spacial score (nSPS) is 10.6. The summed E-state index contributed by atoms with van der Waals surface area (Å²) < 4.78 is 19.9. The quantitative estimate of drug-likeness (QED) is 0.230. The lowest BCUT2D eigenvalue weighted by Crippen LogP contribution is -2.15. The number of aromatic nitrogens is 5. The number of nitrogens with zero attached hydrogens (tertiary/aromatic N) is 5. The monoisotopic (exact) mass is 478 g/mol. The average Bonchev–Trinajstić information content (AvgIpc) is 3.28. The summed E-state index contributed by atoms with van der Waals surface area (Å²) in [6.45, 7) is 2.00. The van der Waals surface area contributed by atoms with Crippen LogP contribution in [0.15, 0.2) is 72.1 Å². The molecule has 0 bridgehead atoms. The highest BCUT2D eigenvalue weighted by Crippen LogP contribution is 2.23. The van der Waals surface area contributed by atoms with Crippen LogP contribution in [0.1, 0.15) is 33.5 Å². The zero-order chi connectivity index (χ0) is 23.9. The summed E-state index contributed by atoms with van der Waals surface area (Å²) >= 11 is 1.31. The Morgan fingerprint density at radius 3 is 2.44 bits per heavy atom. The number of esters is 1. The predicted octanol–water partition coefficient (Wildman–Crippen LogP) is 3.92. The molecule has 0 saturated carbocycles. The first-order chi connectivity index (χ1) is 16.5. The van der Waals surface area contributed by atoms with Gasteiger partial charge in [0.25, 0.3) is 5.91 Å². The first-order valence-corrected chi connectivity index (χ1v) is 11.2. The maximum atomic E-state index is 13.4. The lowest BCUT2D eigenvalue weighted by molar-refractivity contribution is 0.0526. The van der Waals surface area contributed by atoms with Crippen molar-refractivity contribution in [2.75, 3.05) is 11.9 Å². The van der Waals surface area contributed by atoms with Crippen LogP contribution in [0.4, 0.5) is 10.1 Å². The fourth-order valence-corrected chi connectivity index (χ4v) is 3.78. The number of anilines is 1. The highest BCUT2D eigenvalue weighted by atomic mass is 32.2. The first kappa shape index (κ1) is 23.1. The molecule has 0 spiro atoms. The van der Waals surface area contributed by atoms with Gasteiger partial charge >= 0.3 is 5.97 Å².